The van der Waals surface area contributed by atoms with E-state index in [1.807, 2.05) is 19.1 Å². The molecule has 0 saturated heterocycles. The van der Waals surface area contributed by atoms with Crippen molar-refractivity contribution in [1.82, 2.24) is 5.27 Å². The number of nitrogens with one attached hydrogen (secondary N) is 1. The van der Waals surface area contributed by atoms with Crippen LogP contribution in [0.25, 0.3) is 5.69 Å². The Bertz CT molecular complexity index is 976. The van der Waals surface area contributed by atoms with E-state index in [4.69, 9.17) is 4.52 Å². The molecule has 27 heavy (non-hydrogen) atoms. The Kier molecular flexibility index (Phi) is 5.41. The summed E-state index contributed by atoms with van der Waals surface area (Å²) in [5.41, 5.74) is 1.77. The number of hydrogen-bond acceptors (Lipinski definition) is 5. The maximum atomic E-state index is 13.3. The summed E-state index contributed by atoms with van der Waals surface area (Å²) >= 11 is 0.952. The van der Waals surface area contributed by atoms with Crippen molar-refractivity contribution < 1.29 is 27.9 Å². The van der Waals surface area contributed by atoms with Crippen LogP contribution in [0.4, 0.5) is 14.5 Å². The van der Waals surface area contributed by atoms with Gasteiger partial charge in [0, 0.05) is 23.9 Å². The lowest BCUT2D eigenvalue weighted by molar-refractivity contribution is -0.705. The SMILES string of the molecule is Cc1ccc(-[n+]2noc([O-])c2SC(C)C(=O)Nc2ccc(F)c(F)c2)cc1. The molecule has 1 amide bonds. The van der Waals surface area contributed by atoms with Gasteiger partial charge in [-0.1, -0.05) is 17.7 Å². The molecule has 140 valence electrons. The van der Waals surface area contributed by atoms with Crippen molar-refractivity contribution in [3.8, 4) is 11.6 Å². The lowest BCUT2D eigenvalue weighted by atomic mass is 10.2. The molecule has 2 aromatic carbocycles. The molecule has 0 saturated carbocycles. The fraction of sp³-hybridized carbons (Fsp3) is 0.167. The summed E-state index contributed by atoms with van der Waals surface area (Å²) in [6, 6.07) is 10.3. The zero-order valence-corrected chi connectivity index (χ0v) is 15.2. The van der Waals surface area contributed by atoms with E-state index in [1.54, 1.807) is 19.1 Å². The van der Waals surface area contributed by atoms with Crippen LogP contribution in [-0.4, -0.2) is 16.4 Å². The van der Waals surface area contributed by atoms with Gasteiger partial charge in [-0.2, -0.15) is 0 Å². The molecule has 1 N–H and O–H groups in total. The number of rotatable bonds is 5. The second kappa shape index (κ2) is 7.75. The smallest absolute Gasteiger partial charge is 0.298 e. The minimum Gasteiger partial charge on any atom is -0.538 e. The zero-order valence-electron chi connectivity index (χ0n) is 14.4. The van der Waals surface area contributed by atoms with Crippen LogP contribution in [0.3, 0.4) is 0 Å². The average molecular weight is 391 g/mol. The predicted molar refractivity (Wildman–Crippen MR) is 92.5 cm³/mol. The minimum atomic E-state index is -1.06. The first-order valence-electron chi connectivity index (χ1n) is 7.94. The third-order valence-electron chi connectivity index (χ3n) is 3.70. The second-order valence-electron chi connectivity index (χ2n) is 5.79. The number of carbonyl (C=O) groups is 1. The zero-order chi connectivity index (χ0) is 19.6. The Morgan fingerprint density at radius 1 is 1.22 bits per heavy atom. The van der Waals surface area contributed by atoms with Crippen LogP contribution in [-0.2, 0) is 4.79 Å². The summed E-state index contributed by atoms with van der Waals surface area (Å²) in [6.45, 7) is 3.50. The van der Waals surface area contributed by atoms with E-state index in [0.717, 1.165) is 29.5 Å². The van der Waals surface area contributed by atoms with Crippen molar-refractivity contribution >= 4 is 23.4 Å². The van der Waals surface area contributed by atoms with Gasteiger partial charge >= 0.3 is 0 Å². The minimum absolute atomic E-state index is 0.116. The van der Waals surface area contributed by atoms with Gasteiger partial charge in [-0.05, 0) is 42.4 Å². The summed E-state index contributed by atoms with van der Waals surface area (Å²) in [5.74, 6) is -3.23. The molecule has 1 unspecified atom stereocenters. The fourth-order valence-corrected chi connectivity index (χ4v) is 3.10. The number of anilines is 1. The van der Waals surface area contributed by atoms with E-state index < -0.39 is 28.7 Å². The lowest BCUT2D eigenvalue weighted by Crippen LogP contribution is -2.36. The number of hydrogen-bond donors (Lipinski definition) is 1. The topological polar surface area (TPSA) is 82.1 Å². The van der Waals surface area contributed by atoms with Crippen molar-refractivity contribution in [2.45, 2.75) is 24.1 Å². The van der Waals surface area contributed by atoms with Gasteiger partial charge in [-0.15, -0.1) is 0 Å². The second-order valence-corrected chi connectivity index (χ2v) is 7.12. The molecule has 3 aromatic rings. The molecule has 6 nitrogen and oxygen atoms in total. The molecule has 0 bridgehead atoms. The molecule has 9 heteroatoms. The molecule has 0 aliphatic carbocycles. The standard InChI is InChI=1S/C18H15F2N3O3S/c1-10-3-6-13(7-4-10)23-17(18(25)26-22-23)27-11(2)16(24)21-12-5-8-14(19)15(20)9-12/h3-9,11H,1-2H3,(H-,21,22,24,25). The molecule has 0 radical (unpaired) electrons. The first-order valence-corrected chi connectivity index (χ1v) is 8.82. The average Bonchev–Trinajstić information content (AvgIpc) is 2.99. The Morgan fingerprint density at radius 2 is 1.93 bits per heavy atom. The van der Waals surface area contributed by atoms with Crippen LogP contribution in [0, 0.1) is 18.6 Å². The van der Waals surface area contributed by atoms with E-state index in [9.17, 15) is 18.7 Å². The van der Waals surface area contributed by atoms with Crippen molar-refractivity contribution in [2.75, 3.05) is 5.32 Å². The normalized spacial score (nSPS) is 12.0. The highest BCUT2D eigenvalue weighted by atomic mass is 32.2. The van der Waals surface area contributed by atoms with Crippen molar-refractivity contribution in [3.63, 3.8) is 0 Å². The van der Waals surface area contributed by atoms with Crippen LogP contribution >= 0.6 is 11.8 Å². The van der Waals surface area contributed by atoms with Gasteiger partial charge < -0.3 is 14.9 Å². The molecule has 0 fully saturated rings. The first-order chi connectivity index (χ1) is 12.8. The van der Waals surface area contributed by atoms with E-state index >= 15 is 0 Å². The van der Waals surface area contributed by atoms with Crippen LogP contribution < -0.4 is 15.1 Å². The monoisotopic (exact) mass is 391 g/mol. The number of halogens is 2. The summed E-state index contributed by atoms with van der Waals surface area (Å²) in [5, 5.41) is 17.6. The summed E-state index contributed by atoms with van der Waals surface area (Å²) < 4.78 is 32.3. The largest absolute Gasteiger partial charge is 0.538 e. The summed E-state index contributed by atoms with van der Waals surface area (Å²) in [6.07, 6.45) is 0. The van der Waals surface area contributed by atoms with Gasteiger partial charge in [0.05, 0.1) is 10.5 Å². The molecular weight excluding hydrogens is 376 g/mol. The third kappa shape index (κ3) is 4.25. The molecule has 1 aromatic heterocycles. The maximum absolute atomic E-state index is 13.3. The molecule has 1 heterocycles. The Balaban J connectivity index is 1.76. The highest BCUT2D eigenvalue weighted by Gasteiger charge is 2.26. The predicted octanol–water partition coefficient (Wildman–Crippen LogP) is 2.73. The van der Waals surface area contributed by atoms with Crippen LogP contribution in [0.2, 0.25) is 0 Å². The quantitative estimate of drug-likeness (QED) is 0.534. The number of carbonyl (C=O) groups excluding carboxylic acids is 1. The number of thioether (sulfide) groups is 1. The van der Waals surface area contributed by atoms with Gasteiger partial charge in [0.1, 0.15) is 0 Å². The van der Waals surface area contributed by atoms with Crippen LogP contribution in [0.15, 0.2) is 52.0 Å². The van der Waals surface area contributed by atoms with Gasteiger partial charge in [0.15, 0.2) is 17.6 Å². The number of benzene rings is 2. The summed E-state index contributed by atoms with van der Waals surface area (Å²) in [4.78, 5) is 12.3. The Labute approximate surface area is 157 Å². The number of nitrogens with zero attached hydrogens (tertiary/aromatic N) is 2. The van der Waals surface area contributed by atoms with E-state index in [1.165, 1.54) is 10.7 Å². The molecular formula is C18H15F2N3O3S. The number of aromatic nitrogens is 2. The van der Waals surface area contributed by atoms with Crippen molar-refractivity contribution in [2.24, 2.45) is 0 Å². The number of aryl methyl sites for hydroxylation is 1. The third-order valence-corrected chi connectivity index (χ3v) is 4.83. The Hall–Kier alpha value is -2.94. The van der Waals surface area contributed by atoms with Gasteiger partial charge in [0.2, 0.25) is 11.6 Å². The molecule has 3 rings (SSSR count). The van der Waals surface area contributed by atoms with Crippen LogP contribution in [0.5, 0.6) is 5.95 Å². The molecule has 0 spiro atoms. The fourth-order valence-electron chi connectivity index (χ4n) is 2.23. The molecule has 0 aliphatic rings. The van der Waals surface area contributed by atoms with E-state index in [0.29, 0.717) is 5.69 Å². The highest BCUT2D eigenvalue weighted by molar-refractivity contribution is 8.00. The van der Waals surface area contributed by atoms with E-state index in [-0.39, 0.29) is 10.7 Å². The van der Waals surface area contributed by atoms with Crippen molar-refractivity contribution in [3.05, 3.63) is 59.7 Å². The first kappa shape index (κ1) is 18.8. The van der Waals surface area contributed by atoms with Gasteiger partial charge in [-0.25, -0.2) is 8.78 Å². The van der Waals surface area contributed by atoms with Gasteiger partial charge in [0.25, 0.3) is 5.03 Å². The van der Waals surface area contributed by atoms with E-state index in [2.05, 4.69) is 10.6 Å². The lowest BCUT2D eigenvalue weighted by Gasteiger charge is -2.10. The maximum Gasteiger partial charge on any atom is 0.298 e. The van der Waals surface area contributed by atoms with Crippen LogP contribution in [0.1, 0.15) is 12.5 Å². The number of amides is 1. The Morgan fingerprint density at radius 3 is 2.59 bits per heavy atom. The highest BCUT2D eigenvalue weighted by Crippen LogP contribution is 2.28. The summed E-state index contributed by atoms with van der Waals surface area (Å²) in [7, 11) is 0. The van der Waals surface area contributed by atoms with Crippen molar-refractivity contribution in [1.29, 1.82) is 0 Å². The molecule has 1 atom stereocenters. The van der Waals surface area contributed by atoms with Gasteiger partial charge in [-0.3, -0.25) is 4.79 Å². The molecule has 0 aliphatic heterocycles.